The summed E-state index contributed by atoms with van der Waals surface area (Å²) in [6, 6.07) is 7.89. The Hall–Kier alpha value is -1.39. The van der Waals surface area contributed by atoms with E-state index < -0.39 is 0 Å². The van der Waals surface area contributed by atoms with E-state index in [0.717, 1.165) is 24.9 Å². The number of nitrogens with two attached hydrogens (primary N) is 1. The molecule has 1 atom stereocenters. The van der Waals surface area contributed by atoms with Gasteiger partial charge in [-0.1, -0.05) is 26.0 Å². The lowest BCUT2D eigenvalue weighted by atomic mass is 10.0. The molecule has 0 aromatic heterocycles. The number of benzene rings is 1. The number of rotatable bonds is 8. The molecule has 1 aromatic rings. The second kappa shape index (κ2) is 8.80. The molecule has 1 aromatic carbocycles. The Bertz CT molecular complexity index is 433. The van der Waals surface area contributed by atoms with Crippen LogP contribution in [0.25, 0.3) is 0 Å². The molecule has 0 heterocycles. The molecule has 1 unspecified atom stereocenters. The maximum absolute atomic E-state index is 12.4. The standard InChI is InChI=1S/C17H29N3O/c1-13(2)10-16(12-20(3)4)19-17(21)15-7-5-6-14(11-15)8-9-18/h5-7,11,13,16H,8-10,12,18H2,1-4H3,(H,19,21). The Labute approximate surface area is 128 Å². The molecule has 21 heavy (non-hydrogen) atoms. The van der Waals surface area contributed by atoms with Crippen LogP contribution in [0, 0.1) is 5.92 Å². The summed E-state index contributed by atoms with van der Waals surface area (Å²) < 4.78 is 0. The fourth-order valence-electron chi connectivity index (χ4n) is 2.49. The van der Waals surface area contributed by atoms with Gasteiger partial charge in [0.25, 0.3) is 5.91 Å². The van der Waals surface area contributed by atoms with Crippen molar-refractivity contribution in [3.05, 3.63) is 35.4 Å². The second-order valence-corrected chi connectivity index (χ2v) is 6.30. The van der Waals surface area contributed by atoms with E-state index in [4.69, 9.17) is 5.73 Å². The number of hydrogen-bond acceptors (Lipinski definition) is 3. The van der Waals surface area contributed by atoms with Crippen LogP contribution in [0.1, 0.15) is 36.2 Å². The number of likely N-dealkylation sites (N-methyl/N-ethyl adjacent to an activating group) is 1. The molecule has 0 aliphatic rings. The first kappa shape index (κ1) is 17.7. The van der Waals surface area contributed by atoms with Crippen LogP contribution in [-0.4, -0.2) is 44.0 Å². The van der Waals surface area contributed by atoms with Crippen molar-refractivity contribution in [3.63, 3.8) is 0 Å². The third-order valence-corrected chi connectivity index (χ3v) is 3.30. The van der Waals surface area contributed by atoms with Gasteiger partial charge in [-0.15, -0.1) is 0 Å². The highest BCUT2D eigenvalue weighted by molar-refractivity contribution is 5.94. The van der Waals surface area contributed by atoms with E-state index in [0.29, 0.717) is 18.0 Å². The number of nitrogens with one attached hydrogen (secondary N) is 1. The predicted octanol–water partition coefficient (Wildman–Crippen LogP) is 1.89. The lowest BCUT2D eigenvalue weighted by Gasteiger charge is -2.24. The zero-order valence-corrected chi connectivity index (χ0v) is 13.7. The Balaban J connectivity index is 2.73. The minimum absolute atomic E-state index is 0.00127. The summed E-state index contributed by atoms with van der Waals surface area (Å²) in [7, 11) is 4.06. The summed E-state index contributed by atoms with van der Waals surface area (Å²) in [5, 5.41) is 3.15. The highest BCUT2D eigenvalue weighted by atomic mass is 16.1. The molecular weight excluding hydrogens is 262 g/mol. The molecule has 0 radical (unpaired) electrons. The van der Waals surface area contributed by atoms with Gasteiger partial charge in [-0.3, -0.25) is 4.79 Å². The van der Waals surface area contributed by atoms with Crippen molar-refractivity contribution in [2.75, 3.05) is 27.2 Å². The molecule has 3 N–H and O–H groups in total. The molecule has 4 nitrogen and oxygen atoms in total. The molecule has 0 aliphatic heterocycles. The van der Waals surface area contributed by atoms with Crippen molar-refractivity contribution in [1.82, 2.24) is 10.2 Å². The smallest absolute Gasteiger partial charge is 0.251 e. The van der Waals surface area contributed by atoms with Crippen LogP contribution in [0.4, 0.5) is 0 Å². The Morgan fingerprint density at radius 2 is 2.05 bits per heavy atom. The summed E-state index contributed by atoms with van der Waals surface area (Å²) in [5.74, 6) is 0.556. The topological polar surface area (TPSA) is 58.4 Å². The fraction of sp³-hybridized carbons (Fsp3) is 0.588. The van der Waals surface area contributed by atoms with Crippen LogP contribution in [0.5, 0.6) is 0 Å². The second-order valence-electron chi connectivity index (χ2n) is 6.30. The third kappa shape index (κ3) is 6.74. The SMILES string of the molecule is CC(C)CC(CN(C)C)NC(=O)c1cccc(CCN)c1. The Kier molecular flexibility index (Phi) is 7.40. The molecule has 0 aliphatic carbocycles. The fourth-order valence-corrected chi connectivity index (χ4v) is 2.49. The molecule has 0 saturated carbocycles. The highest BCUT2D eigenvalue weighted by Gasteiger charge is 2.16. The summed E-state index contributed by atoms with van der Waals surface area (Å²) in [6.45, 7) is 5.81. The molecular formula is C17H29N3O. The molecule has 0 fully saturated rings. The van der Waals surface area contributed by atoms with Crippen molar-refractivity contribution in [2.45, 2.75) is 32.7 Å². The minimum atomic E-state index is 0.00127. The lowest BCUT2D eigenvalue weighted by Crippen LogP contribution is -2.42. The molecule has 1 rings (SSSR count). The first-order valence-electron chi connectivity index (χ1n) is 7.67. The Morgan fingerprint density at radius 1 is 1.33 bits per heavy atom. The summed E-state index contributed by atoms with van der Waals surface area (Å²) in [6.07, 6.45) is 1.78. The van der Waals surface area contributed by atoms with E-state index >= 15 is 0 Å². The van der Waals surface area contributed by atoms with Crippen LogP contribution < -0.4 is 11.1 Å². The van der Waals surface area contributed by atoms with E-state index in [9.17, 15) is 4.79 Å². The van der Waals surface area contributed by atoms with Gasteiger partial charge in [-0.25, -0.2) is 0 Å². The van der Waals surface area contributed by atoms with Gasteiger partial charge in [0.2, 0.25) is 0 Å². The van der Waals surface area contributed by atoms with Crippen molar-refractivity contribution in [1.29, 1.82) is 0 Å². The maximum atomic E-state index is 12.4. The van der Waals surface area contributed by atoms with Gasteiger partial charge >= 0.3 is 0 Å². The average molecular weight is 291 g/mol. The number of nitrogens with zero attached hydrogens (tertiary/aromatic N) is 1. The lowest BCUT2D eigenvalue weighted by molar-refractivity contribution is 0.0924. The van der Waals surface area contributed by atoms with Crippen LogP contribution in [0.2, 0.25) is 0 Å². The summed E-state index contributed by atoms with van der Waals surface area (Å²) in [5.41, 5.74) is 7.40. The van der Waals surface area contributed by atoms with Crippen LogP contribution in [0.3, 0.4) is 0 Å². The van der Waals surface area contributed by atoms with Gasteiger partial charge in [0.1, 0.15) is 0 Å². The van der Waals surface area contributed by atoms with E-state index in [2.05, 4.69) is 24.1 Å². The van der Waals surface area contributed by atoms with E-state index in [-0.39, 0.29) is 11.9 Å². The van der Waals surface area contributed by atoms with Crippen molar-refractivity contribution < 1.29 is 4.79 Å². The van der Waals surface area contributed by atoms with Crippen molar-refractivity contribution >= 4 is 5.91 Å². The summed E-state index contributed by atoms with van der Waals surface area (Å²) in [4.78, 5) is 14.5. The minimum Gasteiger partial charge on any atom is -0.348 e. The quantitative estimate of drug-likeness (QED) is 0.769. The summed E-state index contributed by atoms with van der Waals surface area (Å²) >= 11 is 0. The zero-order chi connectivity index (χ0) is 15.8. The molecule has 0 bridgehead atoms. The van der Waals surface area contributed by atoms with Crippen molar-refractivity contribution in [2.24, 2.45) is 11.7 Å². The van der Waals surface area contributed by atoms with Gasteiger partial charge in [0.15, 0.2) is 0 Å². The molecule has 0 saturated heterocycles. The average Bonchev–Trinajstić information content (AvgIpc) is 2.37. The predicted molar refractivity (Wildman–Crippen MR) is 88.5 cm³/mol. The zero-order valence-electron chi connectivity index (χ0n) is 13.7. The first-order chi connectivity index (χ1) is 9.92. The van der Waals surface area contributed by atoms with Crippen LogP contribution >= 0.6 is 0 Å². The van der Waals surface area contributed by atoms with Crippen LogP contribution in [0.15, 0.2) is 24.3 Å². The van der Waals surface area contributed by atoms with E-state index in [1.165, 1.54) is 0 Å². The van der Waals surface area contributed by atoms with E-state index in [1.807, 2.05) is 38.4 Å². The Morgan fingerprint density at radius 3 is 2.62 bits per heavy atom. The highest BCUT2D eigenvalue weighted by Crippen LogP contribution is 2.09. The van der Waals surface area contributed by atoms with Gasteiger partial charge in [0.05, 0.1) is 0 Å². The normalized spacial score (nSPS) is 12.7. The van der Waals surface area contributed by atoms with Crippen LogP contribution in [-0.2, 0) is 6.42 Å². The first-order valence-corrected chi connectivity index (χ1v) is 7.67. The van der Waals surface area contributed by atoms with Gasteiger partial charge in [-0.2, -0.15) is 0 Å². The van der Waals surface area contributed by atoms with Gasteiger partial charge < -0.3 is 16.0 Å². The molecule has 0 spiro atoms. The third-order valence-electron chi connectivity index (χ3n) is 3.30. The number of carbonyl (C=O) groups excluding carboxylic acids is 1. The van der Waals surface area contributed by atoms with Gasteiger partial charge in [0, 0.05) is 18.2 Å². The molecule has 1 amide bonds. The van der Waals surface area contributed by atoms with Crippen molar-refractivity contribution in [3.8, 4) is 0 Å². The molecule has 4 heteroatoms. The maximum Gasteiger partial charge on any atom is 0.251 e. The number of amides is 1. The molecule has 118 valence electrons. The largest absolute Gasteiger partial charge is 0.348 e. The number of carbonyl (C=O) groups is 1. The van der Waals surface area contributed by atoms with E-state index in [1.54, 1.807) is 0 Å². The monoisotopic (exact) mass is 291 g/mol. The number of hydrogen-bond donors (Lipinski definition) is 2. The van der Waals surface area contributed by atoms with Gasteiger partial charge in [-0.05, 0) is 57.1 Å².